The van der Waals surface area contributed by atoms with Crippen molar-refractivity contribution >= 4 is 29.2 Å². The van der Waals surface area contributed by atoms with Crippen LogP contribution in [0.15, 0.2) is 29.6 Å². The van der Waals surface area contributed by atoms with Gasteiger partial charge in [0.15, 0.2) is 0 Å². The van der Waals surface area contributed by atoms with E-state index in [1.807, 2.05) is 17.5 Å². The van der Waals surface area contributed by atoms with Crippen LogP contribution in [0.25, 0.3) is 0 Å². The molecule has 0 saturated carbocycles. The Labute approximate surface area is 171 Å². The van der Waals surface area contributed by atoms with Crippen LogP contribution >= 0.6 is 11.3 Å². The fourth-order valence-corrected chi connectivity index (χ4v) is 4.04. The highest BCUT2D eigenvalue weighted by molar-refractivity contribution is 7.10. The second-order valence-electron chi connectivity index (χ2n) is 6.75. The standard InChI is InChI=1S/C20H18N4O4S/c1-28-14-3-2-13-9-24(17(25)16(13)7-14)11-20(18(26)22-19(27)23-20)5-4-12-6-15(8-21)29-10-12/h2-3,6-7,10H,8-9,11,21H2,1H3,(H2,22,23,26,27). The summed E-state index contributed by atoms with van der Waals surface area (Å²) in [5, 5.41) is 6.65. The van der Waals surface area contributed by atoms with E-state index in [0.717, 1.165) is 10.4 Å². The smallest absolute Gasteiger partial charge is 0.323 e. The number of nitrogens with zero attached hydrogens (tertiary/aromatic N) is 1. The number of imide groups is 1. The maximum Gasteiger partial charge on any atom is 0.323 e. The fraction of sp³-hybridized carbons (Fsp3) is 0.250. The summed E-state index contributed by atoms with van der Waals surface area (Å²) >= 11 is 1.47. The third-order valence-corrected chi connectivity index (χ3v) is 5.80. The summed E-state index contributed by atoms with van der Waals surface area (Å²) in [7, 11) is 1.53. The number of nitrogens with two attached hydrogens (primary N) is 1. The zero-order valence-corrected chi connectivity index (χ0v) is 16.4. The molecule has 0 aliphatic carbocycles. The van der Waals surface area contributed by atoms with Crippen LogP contribution in [0, 0.1) is 11.8 Å². The molecule has 1 aromatic heterocycles. The molecule has 2 aliphatic heterocycles. The topological polar surface area (TPSA) is 114 Å². The van der Waals surface area contributed by atoms with Crippen molar-refractivity contribution < 1.29 is 19.1 Å². The normalized spacial score (nSPS) is 20.1. The summed E-state index contributed by atoms with van der Waals surface area (Å²) in [6.07, 6.45) is 0. The first-order valence-corrected chi connectivity index (χ1v) is 9.72. The SMILES string of the molecule is COc1ccc2c(c1)C(=O)N(CC1(C#Cc3csc(CN)c3)NC(=O)NC1=O)C2. The molecule has 8 nitrogen and oxygen atoms in total. The number of benzene rings is 1. The van der Waals surface area contributed by atoms with E-state index < -0.39 is 17.5 Å². The van der Waals surface area contributed by atoms with Gasteiger partial charge in [0, 0.05) is 34.5 Å². The van der Waals surface area contributed by atoms with Crippen LogP contribution in [0.3, 0.4) is 0 Å². The first-order chi connectivity index (χ1) is 13.9. The van der Waals surface area contributed by atoms with Crippen molar-refractivity contribution in [2.24, 2.45) is 5.73 Å². The molecule has 4 N–H and O–H groups in total. The molecule has 4 amide bonds. The zero-order valence-electron chi connectivity index (χ0n) is 15.6. The predicted octanol–water partition coefficient (Wildman–Crippen LogP) is 0.801. The largest absolute Gasteiger partial charge is 0.497 e. The van der Waals surface area contributed by atoms with E-state index in [-0.39, 0.29) is 12.5 Å². The average Bonchev–Trinajstić information content (AvgIpc) is 3.37. The summed E-state index contributed by atoms with van der Waals surface area (Å²) in [6, 6.07) is 6.47. The first kappa shape index (κ1) is 19.0. The fourth-order valence-electron chi connectivity index (χ4n) is 3.34. The minimum Gasteiger partial charge on any atom is -0.497 e. The molecule has 4 rings (SSSR count). The Morgan fingerprint density at radius 3 is 2.79 bits per heavy atom. The van der Waals surface area contributed by atoms with Crippen LogP contribution in [-0.4, -0.2) is 41.9 Å². The van der Waals surface area contributed by atoms with E-state index in [2.05, 4.69) is 22.5 Å². The van der Waals surface area contributed by atoms with Gasteiger partial charge in [-0.05, 0) is 23.8 Å². The van der Waals surface area contributed by atoms with Gasteiger partial charge in [-0.15, -0.1) is 11.3 Å². The third-order valence-electron chi connectivity index (χ3n) is 4.84. The molecule has 29 heavy (non-hydrogen) atoms. The van der Waals surface area contributed by atoms with E-state index in [0.29, 0.717) is 30.0 Å². The third kappa shape index (κ3) is 3.44. The van der Waals surface area contributed by atoms with Gasteiger partial charge in [0.25, 0.3) is 11.8 Å². The monoisotopic (exact) mass is 410 g/mol. The minimum absolute atomic E-state index is 0.0682. The maximum absolute atomic E-state index is 12.9. The molecule has 1 fully saturated rings. The van der Waals surface area contributed by atoms with Gasteiger partial charge in [-0.2, -0.15) is 0 Å². The van der Waals surface area contributed by atoms with Gasteiger partial charge in [0.2, 0.25) is 5.54 Å². The van der Waals surface area contributed by atoms with Crippen LogP contribution in [0.5, 0.6) is 5.75 Å². The molecule has 1 aromatic carbocycles. The Morgan fingerprint density at radius 2 is 2.14 bits per heavy atom. The molecule has 1 atom stereocenters. The summed E-state index contributed by atoms with van der Waals surface area (Å²) in [5.41, 5.74) is 6.14. The number of hydrogen-bond acceptors (Lipinski definition) is 6. The van der Waals surface area contributed by atoms with Crippen molar-refractivity contribution in [3.8, 4) is 17.6 Å². The van der Waals surface area contributed by atoms with Crippen LogP contribution in [0.2, 0.25) is 0 Å². The van der Waals surface area contributed by atoms with E-state index in [1.165, 1.54) is 23.3 Å². The Hall–Kier alpha value is -3.35. The van der Waals surface area contributed by atoms with Crippen molar-refractivity contribution in [1.29, 1.82) is 0 Å². The Bertz CT molecular complexity index is 1080. The number of thiophene rings is 1. The van der Waals surface area contributed by atoms with Gasteiger partial charge in [-0.3, -0.25) is 14.9 Å². The number of methoxy groups -OCH3 is 1. The quantitative estimate of drug-likeness (QED) is 0.510. The van der Waals surface area contributed by atoms with E-state index in [4.69, 9.17) is 10.5 Å². The predicted molar refractivity (Wildman–Crippen MR) is 106 cm³/mol. The molecule has 2 aromatic rings. The van der Waals surface area contributed by atoms with E-state index in [1.54, 1.807) is 12.1 Å². The van der Waals surface area contributed by atoms with E-state index in [9.17, 15) is 14.4 Å². The molecule has 0 radical (unpaired) electrons. The van der Waals surface area contributed by atoms with Gasteiger partial charge >= 0.3 is 6.03 Å². The lowest BCUT2D eigenvalue weighted by molar-refractivity contribution is -0.122. The maximum atomic E-state index is 12.9. The van der Waals surface area contributed by atoms with E-state index >= 15 is 0 Å². The summed E-state index contributed by atoms with van der Waals surface area (Å²) < 4.78 is 5.18. The summed E-state index contributed by atoms with van der Waals surface area (Å²) in [6.45, 7) is 0.653. The lowest BCUT2D eigenvalue weighted by Crippen LogP contribution is -2.54. The van der Waals surface area contributed by atoms with Crippen molar-refractivity contribution in [2.45, 2.75) is 18.6 Å². The molecule has 2 aliphatic rings. The van der Waals surface area contributed by atoms with Crippen molar-refractivity contribution in [3.63, 3.8) is 0 Å². The summed E-state index contributed by atoms with van der Waals surface area (Å²) in [4.78, 5) is 39.8. The van der Waals surface area contributed by atoms with Crippen molar-refractivity contribution in [2.75, 3.05) is 13.7 Å². The van der Waals surface area contributed by atoms with Crippen molar-refractivity contribution in [1.82, 2.24) is 15.5 Å². The molecule has 0 spiro atoms. The Kier molecular flexibility index (Phi) is 4.74. The number of amides is 4. The van der Waals surface area contributed by atoms with Crippen molar-refractivity contribution in [3.05, 3.63) is 51.2 Å². The molecule has 1 saturated heterocycles. The molecule has 148 valence electrons. The Morgan fingerprint density at radius 1 is 1.31 bits per heavy atom. The number of fused-ring (bicyclic) bond motifs is 1. The highest BCUT2D eigenvalue weighted by atomic mass is 32.1. The van der Waals surface area contributed by atoms with Gasteiger partial charge in [0.1, 0.15) is 5.75 Å². The van der Waals surface area contributed by atoms with Gasteiger partial charge < -0.3 is 20.7 Å². The highest BCUT2D eigenvalue weighted by Gasteiger charge is 2.48. The number of rotatable bonds is 4. The first-order valence-electron chi connectivity index (χ1n) is 8.84. The molecule has 9 heteroatoms. The molecular weight excluding hydrogens is 392 g/mol. The summed E-state index contributed by atoms with van der Waals surface area (Å²) in [5.74, 6) is 5.57. The number of hydrogen-bond donors (Lipinski definition) is 3. The number of ether oxygens (including phenoxy) is 1. The molecule has 3 heterocycles. The van der Waals surface area contributed by atoms with Crippen LogP contribution in [0.4, 0.5) is 4.79 Å². The van der Waals surface area contributed by atoms with Gasteiger partial charge in [-0.1, -0.05) is 17.9 Å². The van der Waals surface area contributed by atoms with Crippen LogP contribution in [-0.2, 0) is 17.9 Å². The lowest BCUT2D eigenvalue weighted by atomic mass is 9.99. The number of urea groups is 1. The number of nitrogens with one attached hydrogen (secondary N) is 2. The number of carbonyl (C=O) groups is 3. The number of carbonyl (C=O) groups excluding carboxylic acids is 3. The molecular formula is C20H18N4O4S. The molecule has 0 bridgehead atoms. The average molecular weight is 410 g/mol. The van der Waals surface area contributed by atoms with Crippen LogP contribution in [0.1, 0.15) is 26.4 Å². The van der Waals surface area contributed by atoms with Crippen LogP contribution < -0.4 is 21.1 Å². The minimum atomic E-state index is -1.52. The Balaban J connectivity index is 1.63. The second-order valence-corrected chi connectivity index (χ2v) is 7.75. The lowest BCUT2D eigenvalue weighted by Gasteiger charge is -2.26. The van der Waals surface area contributed by atoms with Gasteiger partial charge in [-0.25, -0.2) is 4.79 Å². The zero-order chi connectivity index (χ0) is 20.6. The second kappa shape index (κ2) is 7.24. The highest BCUT2D eigenvalue weighted by Crippen LogP contribution is 2.28. The van der Waals surface area contributed by atoms with Gasteiger partial charge in [0.05, 0.1) is 13.7 Å². The molecule has 1 unspecified atom stereocenters.